The summed E-state index contributed by atoms with van der Waals surface area (Å²) in [7, 11) is 0. The van der Waals surface area contributed by atoms with Crippen molar-refractivity contribution in [2.75, 3.05) is 5.73 Å². The van der Waals surface area contributed by atoms with Crippen molar-refractivity contribution in [1.29, 1.82) is 0 Å². The van der Waals surface area contributed by atoms with Crippen molar-refractivity contribution in [3.8, 4) is 10.6 Å². The maximum absolute atomic E-state index is 5.55. The summed E-state index contributed by atoms with van der Waals surface area (Å²) in [5.74, 6) is 0.599. The Morgan fingerprint density at radius 2 is 2.23 bits per heavy atom. The Morgan fingerprint density at radius 3 is 2.85 bits per heavy atom. The maximum atomic E-state index is 5.55. The third kappa shape index (κ3) is 1.70. The second kappa shape index (κ2) is 3.18. The van der Waals surface area contributed by atoms with Crippen molar-refractivity contribution in [2.45, 2.75) is 6.92 Å². The van der Waals surface area contributed by atoms with E-state index in [0.29, 0.717) is 5.82 Å². The molecule has 0 aliphatic heterocycles. The number of anilines is 1. The normalized spacial score (nSPS) is 10.2. The van der Waals surface area contributed by atoms with E-state index in [4.69, 9.17) is 5.73 Å². The molecule has 0 radical (unpaired) electrons. The van der Waals surface area contributed by atoms with Gasteiger partial charge in [-0.05, 0) is 13.0 Å². The zero-order chi connectivity index (χ0) is 9.26. The number of nitrogens with two attached hydrogens (primary N) is 1. The van der Waals surface area contributed by atoms with Gasteiger partial charge in [0, 0.05) is 10.9 Å². The van der Waals surface area contributed by atoms with E-state index in [1.54, 1.807) is 11.3 Å². The summed E-state index contributed by atoms with van der Waals surface area (Å²) < 4.78 is 0. The standard InChI is InChI=1S/C10H10N2S/c1-7-3-2-4-8(5-7)10-12-9(11)6-13-10/h2-6H,11H2,1H3. The Hall–Kier alpha value is -1.35. The van der Waals surface area contributed by atoms with Crippen LogP contribution < -0.4 is 5.73 Å². The van der Waals surface area contributed by atoms with E-state index in [1.165, 1.54) is 5.56 Å². The number of aromatic nitrogens is 1. The molecule has 0 atom stereocenters. The number of benzene rings is 1. The SMILES string of the molecule is Cc1cccc(-c2nc(N)cs2)c1. The molecule has 0 aliphatic carbocycles. The lowest BCUT2D eigenvalue weighted by Gasteiger charge is -1.96. The van der Waals surface area contributed by atoms with Crippen LogP contribution in [0.4, 0.5) is 5.82 Å². The number of hydrogen-bond acceptors (Lipinski definition) is 3. The molecule has 0 aliphatic rings. The average Bonchev–Trinajstić information content (AvgIpc) is 2.52. The van der Waals surface area contributed by atoms with Gasteiger partial charge in [0.1, 0.15) is 10.8 Å². The first-order valence-corrected chi connectivity index (χ1v) is 4.92. The fourth-order valence-electron chi connectivity index (χ4n) is 1.20. The highest BCUT2D eigenvalue weighted by atomic mass is 32.1. The molecule has 2 aromatic rings. The molecule has 0 spiro atoms. The topological polar surface area (TPSA) is 38.9 Å². The summed E-state index contributed by atoms with van der Waals surface area (Å²) >= 11 is 1.58. The average molecular weight is 190 g/mol. The van der Waals surface area contributed by atoms with E-state index in [9.17, 15) is 0 Å². The third-order valence-corrected chi connectivity index (χ3v) is 2.70. The van der Waals surface area contributed by atoms with Crippen LogP contribution in [0.2, 0.25) is 0 Å². The smallest absolute Gasteiger partial charge is 0.135 e. The van der Waals surface area contributed by atoms with Gasteiger partial charge in [-0.1, -0.05) is 23.8 Å². The number of thiazole rings is 1. The third-order valence-electron chi connectivity index (χ3n) is 1.79. The van der Waals surface area contributed by atoms with Crippen molar-refractivity contribution in [2.24, 2.45) is 0 Å². The molecule has 66 valence electrons. The largest absolute Gasteiger partial charge is 0.383 e. The van der Waals surface area contributed by atoms with Gasteiger partial charge in [0.05, 0.1) is 0 Å². The summed E-state index contributed by atoms with van der Waals surface area (Å²) in [5.41, 5.74) is 7.94. The van der Waals surface area contributed by atoms with Crippen LogP contribution in [-0.2, 0) is 0 Å². The second-order valence-electron chi connectivity index (χ2n) is 2.95. The summed E-state index contributed by atoms with van der Waals surface area (Å²) in [6, 6.07) is 8.26. The highest BCUT2D eigenvalue weighted by Gasteiger charge is 2.01. The monoisotopic (exact) mass is 190 g/mol. The van der Waals surface area contributed by atoms with Crippen LogP contribution in [0.1, 0.15) is 5.56 Å². The Bertz CT molecular complexity index is 420. The zero-order valence-electron chi connectivity index (χ0n) is 7.32. The van der Waals surface area contributed by atoms with Crippen LogP contribution in [0.25, 0.3) is 10.6 Å². The minimum Gasteiger partial charge on any atom is -0.383 e. The minimum absolute atomic E-state index is 0.599. The van der Waals surface area contributed by atoms with Gasteiger partial charge >= 0.3 is 0 Å². The molecule has 0 fully saturated rings. The number of aryl methyl sites for hydroxylation is 1. The molecule has 3 heteroatoms. The van der Waals surface area contributed by atoms with Gasteiger partial charge in [0.25, 0.3) is 0 Å². The Morgan fingerprint density at radius 1 is 1.38 bits per heavy atom. The van der Waals surface area contributed by atoms with E-state index in [-0.39, 0.29) is 0 Å². The number of nitrogens with zero attached hydrogens (tertiary/aromatic N) is 1. The molecule has 2 nitrogen and oxygen atoms in total. The predicted octanol–water partition coefficient (Wildman–Crippen LogP) is 2.70. The van der Waals surface area contributed by atoms with Gasteiger partial charge < -0.3 is 5.73 Å². The van der Waals surface area contributed by atoms with Gasteiger partial charge in [-0.15, -0.1) is 11.3 Å². The Kier molecular flexibility index (Phi) is 2.02. The molecule has 1 heterocycles. The van der Waals surface area contributed by atoms with Crippen LogP contribution in [0.3, 0.4) is 0 Å². The first-order valence-electron chi connectivity index (χ1n) is 4.04. The molecule has 0 saturated heterocycles. The molecule has 0 bridgehead atoms. The molecule has 1 aromatic heterocycles. The summed E-state index contributed by atoms with van der Waals surface area (Å²) in [6.07, 6.45) is 0. The van der Waals surface area contributed by atoms with E-state index >= 15 is 0 Å². The highest BCUT2D eigenvalue weighted by molar-refractivity contribution is 7.13. The van der Waals surface area contributed by atoms with E-state index in [0.717, 1.165) is 10.6 Å². The van der Waals surface area contributed by atoms with Crippen molar-refractivity contribution >= 4 is 17.2 Å². The van der Waals surface area contributed by atoms with Crippen LogP contribution in [0.5, 0.6) is 0 Å². The van der Waals surface area contributed by atoms with Gasteiger partial charge in [-0.3, -0.25) is 0 Å². The maximum Gasteiger partial charge on any atom is 0.135 e. The molecule has 1 aromatic carbocycles. The molecule has 2 N–H and O–H groups in total. The van der Waals surface area contributed by atoms with Crippen molar-refractivity contribution in [1.82, 2.24) is 4.98 Å². The summed E-state index contributed by atoms with van der Waals surface area (Å²) in [6.45, 7) is 2.07. The Balaban J connectivity index is 2.46. The second-order valence-corrected chi connectivity index (χ2v) is 3.81. The molecule has 0 unspecified atom stereocenters. The van der Waals surface area contributed by atoms with Crippen LogP contribution in [0.15, 0.2) is 29.6 Å². The number of rotatable bonds is 1. The lowest BCUT2D eigenvalue weighted by atomic mass is 10.1. The lowest BCUT2D eigenvalue weighted by Crippen LogP contribution is -1.83. The van der Waals surface area contributed by atoms with Crippen molar-refractivity contribution in [3.05, 3.63) is 35.2 Å². The first kappa shape index (κ1) is 8.26. The lowest BCUT2D eigenvalue weighted by molar-refractivity contribution is 1.40. The van der Waals surface area contributed by atoms with E-state index in [1.807, 2.05) is 17.5 Å². The minimum atomic E-state index is 0.599. The number of hydrogen-bond donors (Lipinski definition) is 1. The van der Waals surface area contributed by atoms with E-state index in [2.05, 4.69) is 24.0 Å². The molecule has 0 amide bonds. The van der Waals surface area contributed by atoms with E-state index < -0.39 is 0 Å². The zero-order valence-corrected chi connectivity index (χ0v) is 8.14. The van der Waals surface area contributed by atoms with Crippen LogP contribution >= 0.6 is 11.3 Å². The molecule has 13 heavy (non-hydrogen) atoms. The highest BCUT2D eigenvalue weighted by Crippen LogP contribution is 2.24. The van der Waals surface area contributed by atoms with Gasteiger partial charge in [0.2, 0.25) is 0 Å². The molecular weight excluding hydrogens is 180 g/mol. The van der Waals surface area contributed by atoms with Crippen LogP contribution in [0, 0.1) is 6.92 Å². The molecular formula is C10H10N2S. The molecule has 0 saturated carbocycles. The predicted molar refractivity (Wildman–Crippen MR) is 56.7 cm³/mol. The van der Waals surface area contributed by atoms with Gasteiger partial charge in [0.15, 0.2) is 0 Å². The summed E-state index contributed by atoms with van der Waals surface area (Å²) in [5, 5.41) is 2.85. The number of nitrogen functional groups attached to an aromatic ring is 1. The fraction of sp³-hybridized carbons (Fsp3) is 0.100. The van der Waals surface area contributed by atoms with Crippen molar-refractivity contribution in [3.63, 3.8) is 0 Å². The Labute approximate surface area is 81.1 Å². The quantitative estimate of drug-likeness (QED) is 0.751. The summed E-state index contributed by atoms with van der Waals surface area (Å²) in [4.78, 5) is 4.22. The van der Waals surface area contributed by atoms with Gasteiger partial charge in [-0.25, -0.2) is 4.98 Å². The molecule has 2 rings (SSSR count). The first-order chi connectivity index (χ1) is 6.25. The van der Waals surface area contributed by atoms with Crippen LogP contribution in [-0.4, -0.2) is 4.98 Å². The van der Waals surface area contributed by atoms with Crippen molar-refractivity contribution < 1.29 is 0 Å². The van der Waals surface area contributed by atoms with Gasteiger partial charge in [-0.2, -0.15) is 0 Å². The fourth-order valence-corrected chi connectivity index (χ4v) is 1.90.